The maximum atomic E-state index is 13.0. The van der Waals surface area contributed by atoms with Crippen LogP contribution < -0.4 is 0 Å². The van der Waals surface area contributed by atoms with E-state index in [0.29, 0.717) is 11.6 Å². The highest BCUT2D eigenvalue weighted by Crippen LogP contribution is 2.25. The van der Waals surface area contributed by atoms with Crippen molar-refractivity contribution in [1.82, 2.24) is 14.7 Å². The fourth-order valence-corrected chi connectivity index (χ4v) is 3.48. The average molecular weight is 335 g/mol. The van der Waals surface area contributed by atoms with Gasteiger partial charge in [0.05, 0.1) is 12.7 Å². The van der Waals surface area contributed by atoms with Gasteiger partial charge in [-0.1, -0.05) is 0 Å². The number of likely N-dealkylation sites (N-methyl/N-ethyl adjacent to an activating group) is 1. The van der Waals surface area contributed by atoms with Crippen LogP contribution in [0.25, 0.3) is 0 Å². The summed E-state index contributed by atoms with van der Waals surface area (Å²) in [5, 5.41) is 0. The number of rotatable bonds is 5. The lowest BCUT2D eigenvalue weighted by molar-refractivity contribution is 0.0479. The minimum atomic E-state index is -0.315. The van der Waals surface area contributed by atoms with Gasteiger partial charge in [0.15, 0.2) is 0 Å². The Morgan fingerprint density at radius 2 is 2.00 bits per heavy atom. The highest BCUT2D eigenvalue weighted by Gasteiger charge is 2.37. The van der Waals surface area contributed by atoms with Gasteiger partial charge >= 0.3 is 0 Å². The number of carbonyl (C=O) groups excluding carboxylic acids is 1. The average Bonchev–Trinajstić information content (AvgIpc) is 2.96. The lowest BCUT2D eigenvalue weighted by Crippen LogP contribution is -2.52. The van der Waals surface area contributed by atoms with Crippen molar-refractivity contribution in [2.45, 2.75) is 18.6 Å². The number of benzene rings is 1. The van der Waals surface area contributed by atoms with E-state index in [2.05, 4.69) is 9.80 Å². The number of amides is 1. The molecule has 0 radical (unpaired) electrons. The molecule has 2 aliphatic heterocycles. The SMILES string of the molecule is CN(C)CCO[C@@H]1C[C@H]2CN(C(=O)c3ccc(F)cc3)CCN2C1. The molecular formula is C18H26FN3O2. The predicted octanol–water partition coefficient (Wildman–Crippen LogP) is 1.30. The Balaban J connectivity index is 1.53. The van der Waals surface area contributed by atoms with Gasteiger partial charge in [-0.3, -0.25) is 9.69 Å². The van der Waals surface area contributed by atoms with E-state index in [1.54, 1.807) is 12.1 Å². The molecule has 2 saturated heterocycles. The first-order valence-corrected chi connectivity index (χ1v) is 8.58. The van der Waals surface area contributed by atoms with E-state index in [-0.39, 0.29) is 17.8 Å². The molecule has 2 aliphatic rings. The Hall–Kier alpha value is -1.50. The van der Waals surface area contributed by atoms with Crippen LogP contribution in [-0.4, -0.2) is 86.2 Å². The van der Waals surface area contributed by atoms with Crippen molar-refractivity contribution >= 4 is 5.91 Å². The lowest BCUT2D eigenvalue weighted by Gasteiger charge is -2.37. The molecule has 0 spiro atoms. The molecule has 132 valence electrons. The molecule has 24 heavy (non-hydrogen) atoms. The molecule has 2 atom stereocenters. The fraction of sp³-hybridized carbons (Fsp3) is 0.611. The first-order chi connectivity index (χ1) is 11.5. The fourth-order valence-electron chi connectivity index (χ4n) is 3.48. The van der Waals surface area contributed by atoms with Crippen LogP contribution in [0.5, 0.6) is 0 Å². The molecule has 0 aliphatic carbocycles. The highest BCUT2D eigenvalue weighted by molar-refractivity contribution is 5.94. The van der Waals surface area contributed by atoms with Crippen LogP contribution in [-0.2, 0) is 4.74 Å². The number of halogens is 1. The summed E-state index contributed by atoms with van der Waals surface area (Å²) in [7, 11) is 4.08. The minimum absolute atomic E-state index is 0.00775. The second-order valence-corrected chi connectivity index (χ2v) is 6.94. The number of fused-ring (bicyclic) bond motifs is 1. The Labute approximate surface area is 143 Å². The molecule has 2 heterocycles. The molecule has 2 fully saturated rings. The molecule has 0 bridgehead atoms. The van der Waals surface area contributed by atoms with Gasteiger partial charge in [0, 0.05) is 44.3 Å². The van der Waals surface area contributed by atoms with Gasteiger partial charge in [-0.2, -0.15) is 0 Å². The zero-order chi connectivity index (χ0) is 17.1. The molecule has 6 heteroatoms. The minimum Gasteiger partial charge on any atom is -0.375 e. The molecule has 0 N–H and O–H groups in total. The lowest BCUT2D eigenvalue weighted by atomic mass is 10.1. The number of hydrogen-bond donors (Lipinski definition) is 0. The van der Waals surface area contributed by atoms with Crippen LogP contribution in [0.2, 0.25) is 0 Å². The first-order valence-electron chi connectivity index (χ1n) is 8.58. The van der Waals surface area contributed by atoms with E-state index in [4.69, 9.17) is 4.74 Å². The standard InChI is InChI=1S/C18H26FN3O2/c1-20(2)9-10-24-17-11-16-12-22(8-7-21(16)13-17)18(23)14-3-5-15(19)6-4-14/h3-6,16-17H,7-13H2,1-2H3/t16-,17+/m0/s1. The summed E-state index contributed by atoms with van der Waals surface area (Å²) in [6, 6.07) is 6.17. The largest absolute Gasteiger partial charge is 0.375 e. The topological polar surface area (TPSA) is 36.0 Å². The van der Waals surface area contributed by atoms with Crippen molar-refractivity contribution < 1.29 is 13.9 Å². The van der Waals surface area contributed by atoms with E-state index in [1.165, 1.54) is 12.1 Å². The summed E-state index contributed by atoms with van der Waals surface area (Å²) in [6.07, 6.45) is 1.23. The van der Waals surface area contributed by atoms with E-state index >= 15 is 0 Å². The second kappa shape index (κ2) is 7.59. The normalized spacial score (nSPS) is 24.4. The van der Waals surface area contributed by atoms with Crippen LogP contribution in [0.1, 0.15) is 16.8 Å². The maximum Gasteiger partial charge on any atom is 0.253 e. The monoisotopic (exact) mass is 335 g/mol. The van der Waals surface area contributed by atoms with Crippen molar-refractivity contribution in [3.05, 3.63) is 35.6 Å². The summed E-state index contributed by atoms with van der Waals surface area (Å²) >= 11 is 0. The quantitative estimate of drug-likeness (QED) is 0.813. The van der Waals surface area contributed by atoms with E-state index in [1.807, 2.05) is 19.0 Å². The van der Waals surface area contributed by atoms with Crippen LogP contribution in [0, 0.1) is 5.82 Å². The van der Waals surface area contributed by atoms with Crippen molar-refractivity contribution in [3.63, 3.8) is 0 Å². The van der Waals surface area contributed by atoms with Gasteiger partial charge in [0.1, 0.15) is 5.82 Å². The van der Waals surface area contributed by atoms with Gasteiger partial charge in [-0.15, -0.1) is 0 Å². The number of ether oxygens (including phenoxy) is 1. The zero-order valence-electron chi connectivity index (χ0n) is 14.4. The predicted molar refractivity (Wildman–Crippen MR) is 90.6 cm³/mol. The smallest absolute Gasteiger partial charge is 0.253 e. The van der Waals surface area contributed by atoms with Gasteiger partial charge in [-0.25, -0.2) is 4.39 Å². The van der Waals surface area contributed by atoms with Gasteiger partial charge < -0.3 is 14.5 Å². The molecule has 0 aromatic heterocycles. The van der Waals surface area contributed by atoms with Gasteiger partial charge in [0.25, 0.3) is 5.91 Å². The van der Waals surface area contributed by atoms with E-state index < -0.39 is 0 Å². The molecule has 5 nitrogen and oxygen atoms in total. The second-order valence-electron chi connectivity index (χ2n) is 6.94. The van der Waals surface area contributed by atoms with Crippen LogP contribution in [0.3, 0.4) is 0 Å². The Kier molecular flexibility index (Phi) is 5.48. The number of piperazine rings is 1. The van der Waals surface area contributed by atoms with Crippen molar-refractivity contribution in [1.29, 1.82) is 0 Å². The summed E-state index contributed by atoms with van der Waals surface area (Å²) in [4.78, 5) is 19.0. The Bertz CT molecular complexity index is 564. The van der Waals surface area contributed by atoms with E-state index in [0.717, 1.165) is 45.8 Å². The summed E-state index contributed by atoms with van der Waals surface area (Å²) in [5.74, 6) is -0.323. The highest BCUT2D eigenvalue weighted by atomic mass is 19.1. The Morgan fingerprint density at radius 3 is 2.71 bits per heavy atom. The summed E-state index contributed by atoms with van der Waals surface area (Å²) < 4.78 is 19.0. The van der Waals surface area contributed by atoms with Gasteiger partial charge in [-0.05, 0) is 44.8 Å². The third kappa shape index (κ3) is 4.12. The molecular weight excluding hydrogens is 309 g/mol. The van der Waals surface area contributed by atoms with Crippen LogP contribution in [0.15, 0.2) is 24.3 Å². The van der Waals surface area contributed by atoms with Crippen molar-refractivity contribution in [2.24, 2.45) is 0 Å². The first kappa shape index (κ1) is 17.3. The zero-order valence-corrected chi connectivity index (χ0v) is 14.4. The number of nitrogens with zero attached hydrogens (tertiary/aromatic N) is 3. The van der Waals surface area contributed by atoms with E-state index in [9.17, 15) is 9.18 Å². The number of carbonyl (C=O) groups is 1. The van der Waals surface area contributed by atoms with Gasteiger partial charge in [0.2, 0.25) is 0 Å². The molecule has 3 rings (SSSR count). The molecule has 0 unspecified atom stereocenters. The maximum absolute atomic E-state index is 13.0. The third-order valence-electron chi connectivity index (χ3n) is 4.85. The molecule has 1 aromatic rings. The van der Waals surface area contributed by atoms with Crippen LogP contribution in [0.4, 0.5) is 4.39 Å². The third-order valence-corrected chi connectivity index (χ3v) is 4.85. The van der Waals surface area contributed by atoms with Crippen LogP contribution >= 0.6 is 0 Å². The Morgan fingerprint density at radius 1 is 1.25 bits per heavy atom. The molecule has 0 saturated carbocycles. The molecule has 1 amide bonds. The number of hydrogen-bond acceptors (Lipinski definition) is 4. The van der Waals surface area contributed by atoms with Crippen molar-refractivity contribution in [3.8, 4) is 0 Å². The van der Waals surface area contributed by atoms with Crippen molar-refractivity contribution in [2.75, 3.05) is 53.4 Å². The molecule has 1 aromatic carbocycles. The summed E-state index contributed by atoms with van der Waals surface area (Å²) in [6.45, 7) is 4.95. The summed E-state index contributed by atoms with van der Waals surface area (Å²) in [5.41, 5.74) is 0.557.